The summed E-state index contributed by atoms with van der Waals surface area (Å²) in [6.45, 7) is 0. The number of alkyl halides is 2. The van der Waals surface area contributed by atoms with E-state index in [2.05, 4.69) is 10.3 Å². The van der Waals surface area contributed by atoms with Crippen LogP contribution in [0.25, 0.3) is 0 Å². The molecule has 2 atom stereocenters. The fraction of sp³-hybridized carbons (Fsp3) is 0.444. The Morgan fingerprint density at radius 1 is 1.50 bits per heavy atom. The van der Waals surface area contributed by atoms with Gasteiger partial charge in [-0.2, -0.15) is 0 Å². The molecule has 2 rings (SSSR count). The van der Waals surface area contributed by atoms with Gasteiger partial charge >= 0.3 is 0 Å². The predicted molar refractivity (Wildman–Crippen MR) is 50.8 cm³/mol. The number of anilines is 1. The summed E-state index contributed by atoms with van der Waals surface area (Å²) < 4.78 is 24.3. The Hall–Kier alpha value is -0.900. The van der Waals surface area contributed by atoms with Gasteiger partial charge in [-0.1, -0.05) is 17.7 Å². The average molecular weight is 219 g/mol. The fourth-order valence-electron chi connectivity index (χ4n) is 1.34. The standard InChI is InChI=1S/C9H9ClF2N2/c10-7-2-1-3-8(14-7)13-6-4-5(6)9(11)12/h1-3,5-6,9H,4H2,(H,13,14)/t5-,6-/m0/s1. The molecular formula is C9H9ClF2N2. The van der Waals surface area contributed by atoms with Crippen molar-refractivity contribution in [3.8, 4) is 0 Å². The summed E-state index contributed by atoms with van der Waals surface area (Å²) in [4.78, 5) is 3.96. The molecule has 1 heterocycles. The third kappa shape index (κ3) is 2.12. The molecule has 0 radical (unpaired) electrons. The number of rotatable bonds is 3. The molecule has 1 aliphatic carbocycles. The van der Waals surface area contributed by atoms with Crippen LogP contribution in [0.15, 0.2) is 18.2 Å². The second-order valence-corrected chi connectivity index (χ2v) is 3.72. The molecule has 14 heavy (non-hydrogen) atoms. The van der Waals surface area contributed by atoms with Gasteiger partial charge in [-0.3, -0.25) is 0 Å². The third-order valence-corrected chi connectivity index (χ3v) is 2.42. The third-order valence-electron chi connectivity index (χ3n) is 2.21. The molecule has 0 saturated heterocycles. The number of nitrogens with zero attached hydrogens (tertiary/aromatic N) is 1. The minimum absolute atomic E-state index is 0.152. The summed E-state index contributed by atoms with van der Waals surface area (Å²) in [5, 5.41) is 3.28. The van der Waals surface area contributed by atoms with E-state index in [1.165, 1.54) is 0 Å². The van der Waals surface area contributed by atoms with Crippen molar-refractivity contribution in [3.63, 3.8) is 0 Å². The molecule has 1 N–H and O–H groups in total. The first-order chi connectivity index (χ1) is 6.66. The molecule has 76 valence electrons. The van der Waals surface area contributed by atoms with Gasteiger partial charge in [-0.15, -0.1) is 0 Å². The van der Waals surface area contributed by atoms with E-state index in [0.717, 1.165) is 0 Å². The van der Waals surface area contributed by atoms with Gasteiger partial charge in [0, 0.05) is 12.0 Å². The number of hydrogen-bond donors (Lipinski definition) is 1. The van der Waals surface area contributed by atoms with Crippen molar-refractivity contribution in [2.75, 3.05) is 5.32 Å². The topological polar surface area (TPSA) is 24.9 Å². The molecule has 1 aromatic heterocycles. The quantitative estimate of drug-likeness (QED) is 0.790. The lowest BCUT2D eigenvalue weighted by atomic mass is 10.4. The normalized spacial score (nSPS) is 25.1. The number of hydrogen-bond acceptors (Lipinski definition) is 2. The Morgan fingerprint density at radius 2 is 2.29 bits per heavy atom. The van der Waals surface area contributed by atoms with Crippen LogP contribution in [0, 0.1) is 5.92 Å². The summed E-state index contributed by atoms with van der Waals surface area (Å²) in [5.41, 5.74) is 0. The summed E-state index contributed by atoms with van der Waals surface area (Å²) in [5.74, 6) is 0.0291. The lowest BCUT2D eigenvalue weighted by Gasteiger charge is -2.04. The Bertz CT molecular complexity index is 332. The van der Waals surface area contributed by atoms with Crippen LogP contribution < -0.4 is 5.32 Å². The van der Waals surface area contributed by atoms with E-state index in [1.807, 2.05) is 0 Å². The molecule has 0 amide bonds. The van der Waals surface area contributed by atoms with Crippen LogP contribution in [0.2, 0.25) is 5.15 Å². The van der Waals surface area contributed by atoms with Gasteiger partial charge in [0.25, 0.3) is 0 Å². The smallest absolute Gasteiger partial charge is 0.243 e. The number of pyridine rings is 1. The molecule has 1 aromatic rings. The molecule has 0 unspecified atom stereocenters. The van der Waals surface area contributed by atoms with Crippen LogP contribution in [0.5, 0.6) is 0 Å². The minimum Gasteiger partial charge on any atom is -0.367 e. The van der Waals surface area contributed by atoms with E-state index in [9.17, 15) is 8.78 Å². The second kappa shape index (κ2) is 3.69. The first-order valence-corrected chi connectivity index (χ1v) is 4.72. The zero-order valence-electron chi connectivity index (χ0n) is 7.25. The zero-order chi connectivity index (χ0) is 10.1. The van der Waals surface area contributed by atoms with Crippen LogP contribution in [0.4, 0.5) is 14.6 Å². The summed E-state index contributed by atoms with van der Waals surface area (Å²) in [6, 6.07) is 4.94. The zero-order valence-corrected chi connectivity index (χ0v) is 8.01. The van der Waals surface area contributed by atoms with E-state index in [-0.39, 0.29) is 6.04 Å². The highest BCUT2D eigenvalue weighted by atomic mass is 35.5. The van der Waals surface area contributed by atoms with Gasteiger partial charge in [-0.05, 0) is 18.6 Å². The van der Waals surface area contributed by atoms with Crippen molar-refractivity contribution in [2.45, 2.75) is 18.9 Å². The number of nitrogens with one attached hydrogen (secondary N) is 1. The Morgan fingerprint density at radius 3 is 2.86 bits per heavy atom. The predicted octanol–water partition coefficient (Wildman–Crippen LogP) is 2.80. The van der Waals surface area contributed by atoms with E-state index in [0.29, 0.717) is 17.4 Å². The number of halogens is 3. The highest BCUT2D eigenvalue weighted by molar-refractivity contribution is 6.29. The van der Waals surface area contributed by atoms with Crippen LogP contribution in [-0.4, -0.2) is 17.5 Å². The van der Waals surface area contributed by atoms with Crippen molar-refractivity contribution in [2.24, 2.45) is 5.92 Å². The monoisotopic (exact) mass is 218 g/mol. The Balaban J connectivity index is 1.93. The highest BCUT2D eigenvalue weighted by Gasteiger charge is 2.44. The van der Waals surface area contributed by atoms with Gasteiger partial charge in [0.2, 0.25) is 6.43 Å². The van der Waals surface area contributed by atoms with E-state index in [1.54, 1.807) is 18.2 Å². The van der Waals surface area contributed by atoms with E-state index < -0.39 is 12.3 Å². The van der Waals surface area contributed by atoms with Crippen LogP contribution >= 0.6 is 11.6 Å². The Labute approximate surface area is 85.3 Å². The molecule has 5 heteroatoms. The molecule has 0 spiro atoms. The molecule has 0 bridgehead atoms. The van der Waals surface area contributed by atoms with Crippen LogP contribution in [-0.2, 0) is 0 Å². The highest BCUT2D eigenvalue weighted by Crippen LogP contribution is 2.38. The molecule has 0 aromatic carbocycles. The molecule has 1 fully saturated rings. The Kier molecular flexibility index (Phi) is 2.54. The maximum Gasteiger partial charge on any atom is 0.243 e. The van der Waals surface area contributed by atoms with Gasteiger partial charge < -0.3 is 5.32 Å². The first-order valence-electron chi connectivity index (χ1n) is 4.34. The van der Waals surface area contributed by atoms with Gasteiger partial charge in [0.05, 0.1) is 0 Å². The van der Waals surface area contributed by atoms with Crippen molar-refractivity contribution in [1.29, 1.82) is 0 Å². The summed E-state index contributed by atoms with van der Waals surface area (Å²) in [7, 11) is 0. The minimum atomic E-state index is -2.24. The van der Waals surface area contributed by atoms with E-state index >= 15 is 0 Å². The maximum atomic E-state index is 12.2. The summed E-state index contributed by atoms with van der Waals surface area (Å²) in [6.07, 6.45) is -1.74. The van der Waals surface area contributed by atoms with Crippen molar-refractivity contribution in [1.82, 2.24) is 4.98 Å². The van der Waals surface area contributed by atoms with Crippen molar-refractivity contribution < 1.29 is 8.78 Å². The lowest BCUT2D eigenvalue weighted by Crippen LogP contribution is -2.09. The van der Waals surface area contributed by atoms with Gasteiger partial charge in [0.15, 0.2) is 0 Å². The SMILES string of the molecule is FC(F)[C@H]1C[C@@H]1Nc1cccc(Cl)n1. The van der Waals surface area contributed by atoms with Crippen molar-refractivity contribution in [3.05, 3.63) is 23.4 Å². The van der Waals surface area contributed by atoms with E-state index in [4.69, 9.17) is 11.6 Å². The first kappa shape index (κ1) is 9.65. The maximum absolute atomic E-state index is 12.2. The van der Waals surface area contributed by atoms with Gasteiger partial charge in [-0.25, -0.2) is 13.8 Å². The molecule has 1 saturated carbocycles. The largest absolute Gasteiger partial charge is 0.367 e. The summed E-state index contributed by atoms with van der Waals surface area (Å²) >= 11 is 5.65. The molecule has 1 aliphatic rings. The molecule has 0 aliphatic heterocycles. The molecular weight excluding hydrogens is 210 g/mol. The average Bonchev–Trinajstić information content (AvgIpc) is 2.84. The fourth-order valence-corrected chi connectivity index (χ4v) is 1.50. The van der Waals surface area contributed by atoms with Gasteiger partial charge in [0.1, 0.15) is 11.0 Å². The van der Waals surface area contributed by atoms with Crippen molar-refractivity contribution >= 4 is 17.4 Å². The molecule has 2 nitrogen and oxygen atoms in total. The van der Waals surface area contributed by atoms with Crippen LogP contribution in [0.3, 0.4) is 0 Å². The lowest BCUT2D eigenvalue weighted by molar-refractivity contribution is 0.121. The number of aromatic nitrogens is 1. The van der Waals surface area contributed by atoms with Crippen LogP contribution in [0.1, 0.15) is 6.42 Å². The second-order valence-electron chi connectivity index (χ2n) is 3.33.